The number of aliphatic hydroxyl groups is 1. The van der Waals surface area contributed by atoms with E-state index in [4.69, 9.17) is 20.5 Å². The second kappa shape index (κ2) is 9.41. The summed E-state index contributed by atoms with van der Waals surface area (Å²) in [5.74, 6) is -2.28. The molecule has 1 aliphatic rings. The molecule has 0 spiro atoms. The van der Waals surface area contributed by atoms with Crippen molar-refractivity contribution >= 4 is 11.9 Å². The maximum absolute atomic E-state index is 11.1. The minimum atomic E-state index is -1.14. The van der Waals surface area contributed by atoms with Crippen LogP contribution in [0.25, 0.3) is 20.9 Å². The van der Waals surface area contributed by atoms with E-state index in [1.807, 2.05) is 0 Å². The van der Waals surface area contributed by atoms with Gasteiger partial charge < -0.3 is 14.6 Å². The smallest absolute Gasteiger partial charge is 0.302 e. The van der Waals surface area contributed by atoms with Gasteiger partial charge in [-0.25, -0.2) is 0 Å². The zero-order valence-electron chi connectivity index (χ0n) is 13.3. The number of carbonyl (C=O) groups excluding carboxylic acids is 2. The first-order valence-corrected chi connectivity index (χ1v) is 7.11. The third-order valence-electron chi connectivity index (χ3n) is 3.61. The van der Waals surface area contributed by atoms with Crippen LogP contribution >= 0.6 is 0 Å². The summed E-state index contributed by atoms with van der Waals surface area (Å²) in [6.45, 7) is 2.16. The Bertz CT molecular complexity index is 608. The highest BCUT2D eigenvalue weighted by atomic mass is 16.5. The molecule has 1 aliphatic carbocycles. The number of ether oxygens (including phenoxy) is 2. The summed E-state index contributed by atoms with van der Waals surface area (Å²) < 4.78 is 9.97. The van der Waals surface area contributed by atoms with Crippen molar-refractivity contribution in [2.45, 2.75) is 26.0 Å². The Hall–Kier alpha value is -2.74. The number of esters is 2. The lowest BCUT2D eigenvalue weighted by Gasteiger charge is -2.37. The van der Waals surface area contributed by atoms with Gasteiger partial charge in [0.25, 0.3) is 0 Å². The summed E-state index contributed by atoms with van der Waals surface area (Å²) in [5.41, 5.74) is 17.7. The molecule has 0 amide bonds. The molecule has 0 aromatic heterocycles. The van der Waals surface area contributed by atoms with Gasteiger partial charge in [-0.2, -0.15) is 0 Å². The molecule has 0 radical (unpaired) electrons. The average Bonchev–Trinajstić information content (AvgIpc) is 2.52. The van der Waals surface area contributed by atoms with Gasteiger partial charge in [-0.05, 0) is 11.1 Å². The molecule has 0 aromatic rings. The molecule has 0 aliphatic heterocycles. The maximum atomic E-state index is 11.1. The molecule has 1 N–H and O–H groups in total. The molecule has 0 saturated carbocycles. The highest BCUT2D eigenvalue weighted by Gasteiger charge is 2.40. The second-order valence-corrected chi connectivity index (χ2v) is 5.19. The van der Waals surface area contributed by atoms with Crippen molar-refractivity contribution < 1.29 is 24.2 Å². The van der Waals surface area contributed by atoms with E-state index in [0.29, 0.717) is 5.57 Å². The van der Waals surface area contributed by atoms with Crippen molar-refractivity contribution in [1.82, 2.24) is 0 Å². The lowest BCUT2D eigenvalue weighted by atomic mass is 9.75. The van der Waals surface area contributed by atoms with Crippen molar-refractivity contribution in [2.75, 3.05) is 19.8 Å². The van der Waals surface area contributed by atoms with Crippen LogP contribution in [0.4, 0.5) is 0 Å². The third kappa shape index (κ3) is 5.47. The monoisotopic (exact) mass is 338 g/mol. The minimum Gasteiger partial charge on any atom is -0.465 e. The number of carbonyl (C=O) groups is 2. The Morgan fingerprint density at radius 1 is 1.21 bits per heavy atom. The van der Waals surface area contributed by atoms with Crippen LogP contribution in [-0.4, -0.2) is 48.9 Å². The van der Waals surface area contributed by atoms with E-state index < -0.39 is 35.9 Å². The van der Waals surface area contributed by atoms with E-state index in [9.17, 15) is 14.7 Å². The molecule has 24 heavy (non-hydrogen) atoms. The van der Waals surface area contributed by atoms with E-state index in [2.05, 4.69) is 20.1 Å². The summed E-state index contributed by atoms with van der Waals surface area (Å²) in [7, 11) is 0. The Labute approximate surface area is 137 Å². The largest absolute Gasteiger partial charge is 0.465 e. The summed E-state index contributed by atoms with van der Waals surface area (Å²) in [4.78, 5) is 27.5. The number of hydrogen-bond acceptors (Lipinski definition) is 7. The number of aliphatic hydroxyl groups excluding tert-OH is 1. The summed E-state index contributed by atoms with van der Waals surface area (Å²) in [6, 6.07) is -0.909. The molecule has 4 atom stereocenters. The van der Waals surface area contributed by atoms with Crippen LogP contribution in [0, 0.1) is 11.8 Å². The van der Waals surface area contributed by atoms with E-state index in [-0.39, 0.29) is 19.8 Å². The molecule has 0 saturated heterocycles. The second-order valence-electron chi connectivity index (χ2n) is 5.19. The number of azide groups is 2. The molecule has 0 fully saturated rings. The molecule has 130 valence electrons. The van der Waals surface area contributed by atoms with Crippen molar-refractivity contribution in [1.29, 1.82) is 0 Å². The van der Waals surface area contributed by atoms with Gasteiger partial charge in [0, 0.05) is 42.1 Å². The van der Waals surface area contributed by atoms with Crippen LogP contribution in [-0.2, 0) is 19.1 Å². The lowest BCUT2D eigenvalue weighted by Crippen LogP contribution is -2.45. The van der Waals surface area contributed by atoms with Gasteiger partial charge in [0.15, 0.2) is 0 Å². The fraction of sp³-hybridized carbons (Fsp3) is 0.692. The SMILES string of the molecule is CC(=O)OC[C@@H]1[C@H](O)[C@@H](N=[N+]=[N-])C=C(CN=[N+]=[N-])[C@@H]1COC(C)=O. The predicted molar refractivity (Wildman–Crippen MR) is 81.3 cm³/mol. The van der Waals surface area contributed by atoms with Crippen molar-refractivity contribution in [3.63, 3.8) is 0 Å². The predicted octanol–water partition coefficient (Wildman–Crippen LogP) is 1.64. The Morgan fingerprint density at radius 3 is 2.38 bits per heavy atom. The van der Waals surface area contributed by atoms with Gasteiger partial charge in [-0.15, -0.1) is 0 Å². The summed E-state index contributed by atoms with van der Waals surface area (Å²) in [6.07, 6.45) is 0.341. The van der Waals surface area contributed by atoms with Crippen molar-refractivity contribution in [2.24, 2.45) is 22.1 Å². The molecule has 0 bridgehead atoms. The quantitative estimate of drug-likeness (QED) is 0.244. The van der Waals surface area contributed by atoms with Crippen molar-refractivity contribution in [3.05, 3.63) is 32.5 Å². The summed E-state index contributed by atoms with van der Waals surface area (Å²) in [5, 5.41) is 17.4. The van der Waals surface area contributed by atoms with Crippen LogP contribution in [0.1, 0.15) is 13.8 Å². The van der Waals surface area contributed by atoms with Gasteiger partial charge in [0.2, 0.25) is 0 Å². The van der Waals surface area contributed by atoms with Crippen LogP contribution < -0.4 is 0 Å². The van der Waals surface area contributed by atoms with Gasteiger partial charge in [-0.1, -0.05) is 21.9 Å². The molecule has 0 aromatic carbocycles. The van der Waals surface area contributed by atoms with E-state index in [1.54, 1.807) is 0 Å². The van der Waals surface area contributed by atoms with Gasteiger partial charge in [-0.3, -0.25) is 9.59 Å². The number of hydrogen-bond donors (Lipinski definition) is 1. The van der Waals surface area contributed by atoms with Gasteiger partial charge in [0.1, 0.15) is 0 Å². The molecule has 0 unspecified atom stereocenters. The molecule has 11 nitrogen and oxygen atoms in total. The van der Waals surface area contributed by atoms with Crippen LogP contribution in [0.3, 0.4) is 0 Å². The average molecular weight is 338 g/mol. The standard InChI is InChI=1S/C13H18N6O5/c1-7(20)23-5-10-9(4-16-18-14)3-12(17-19-15)13(22)11(10)6-24-8(2)21/h3,10-13,22H,4-6H2,1-2H3/t10-,11-,12-,13-/m0/s1. The Morgan fingerprint density at radius 2 is 1.83 bits per heavy atom. The molecule has 11 heteroatoms. The molecule has 0 heterocycles. The summed E-state index contributed by atoms with van der Waals surface area (Å²) >= 11 is 0. The fourth-order valence-electron chi connectivity index (χ4n) is 2.52. The maximum Gasteiger partial charge on any atom is 0.302 e. The van der Waals surface area contributed by atoms with E-state index in [0.717, 1.165) is 0 Å². The first-order chi connectivity index (χ1) is 11.4. The minimum absolute atomic E-state index is 0.0524. The zero-order valence-corrected chi connectivity index (χ0v) is 13.3. The van der Waals surface area contributed by atoms with Crippen LogP contribution in [0.15, 0.2) is 21.9 Å². The van der Waals surface area contributed by atoms with Gasteiger partial charge in [0.05, 0.1) is 25.4 Å². The van der Waals surface area contributed by atoms with Gasteiger partial charge >= 0.3 is 11.9 Å². The highest BCUT2D eigenvalue weighted by Crippen LogP contribution is 2.33. The Kier molecular flexibility index (Phi) is 7.57. The number of nitrogens with zero attached hydrogens (tertiary/aromatic N) is 6. The Balaban J connectivity index is 3.17. The number of rotatable bonds is 7. The van der Waals surface area contributed by atoms with E-state index >= 15 is 0 Å². The van der Waals surface area contributed by atoms with E-state index in [1.165, 1.54) is 19.9 Å². The zero-order chi connectivity index (χ0) is 18.1. The molecule has 1 rings (SSSR count). The molecular formula is C13H18N6O5. The van der Waals surface area contributed by atoms with Crippen LogP contribution in [0.2, 0.25) is 0 Å². The molecular weight excluding hydrogens is 320 g/mol. The highest BCUT2D eigenvalue weighted by molar-refractivity contribution is 5.66. The van der Waals surface area contributed by atoms with Crippen LogP contribution in [0.5, 0.6) is 0 Å². The lowest BCUT2D eigenvalue weighted by molar-refractivity contribution is -0.148. The fourth-order valence-corrected chi connectivity index (χ4v) is 2.52. The first-order valence-electron chi connectivity index (χ1n) is 7.11. The topological polar surface area (TPSA) is 170 Å². The normalized spacial score (nSPS) is 25.5. The first kappa shape index (κ1) is 19.3. The van der Waals surface area contributed by atoms with Crippen molar-refractivity contribution in [3.8, 4) is 0 Å². The third-order valence-corrected chi connectivity index (χ3v) is 3.61.